The molecule has 0 radical (unpaired) electrons. The molecule has 4 aliphatic carbocycles. The summed E-state index contributed by atoms with van der Waals surface area (Å²) in [7, 11) is 0. The van der Waals surface area contributed by atoms with Crippen LogP contribution >= 0.6 is 0 Å². The molecule has 4 aliphatic rings. The zero-order valence-corrected chi connectivity index (χ0v) is 19.7. The van der Waals surface area contributed by atoms with E-state index in [0.717, 1.165) is 55.3 Å². The molecule has 1 unspecified atom stereocenters. The lowest BCUT2D eigenvalue weighted by Gasteiger charge is -2.60. The lowest BCUT2D eigenvalue weighted by Crippen LogP contribution is -2.52. The Morgan fingerprint density at radius 1 is 1.07 bits per heavy atom. The molecule has 166 valence electrons. The van der Waals surface area contributed by atoms with E-state index in [1.807, 2.05) is 13.8 Å². The molecular weight excluding hydrogens is 356 g/mol. The maximum Gasteiger partial charge on any atom is 0.0886 e. The van der Waals surface area contributed by atoms with E-state index >= 15 is 0 Å². The fourth-order valence-corrected chi connectivity index (χ4v) is 8.89. The Balaban J connectivity index is 1.46. The van der Waals surface area contributed by atoms with Crippen molar-refractivity contribution in [3.05, 3.63) is 11.8 Å². The first-order chi connectivity index (χ1) is 13.5. The fraction of sp³-hybridized carbons (Fsp3) is 0.926. The average Bonchev–Trinajstić information content (AvgIpc) is 2.98. The minimum atomic E-state index is -0.517. The van der Waals surface area contributed by atoms with Gasteiger partial charge in [-0.25, -0.2) is 0 Å². The molecule has 0 amide bonds. The summed E-state index contributed by atoms with van der Waals surface area (Å²) in [6, 6.07) is 0. The van der Waals surface area contributed by atoms with E-state index in [2.05, 4.69) is 26.8 Å². The Kier molecular flexibility index (Phi) is 5.67. The van der Waals surface area contributed by atoms with Crippen LogP contribution in [-0.4, -0.2) is 15.8 Å². The second-order valence-electron chi connectivity index (χ2n) is 12.7. The van der Waals surface area contributed by atoms with Crippen molar-refractivity contribution in [1.29, 1.82) is 0 Å². The standard InChI is InChI=1S/C27H46O2/c1-18(7-6-14-25(2,3)29)22-10-11-23-21-9-8-19-17-20(28)12-15-26(19,4)24(21)13-16-27(22,23)5/h12,18-19,21-24,28-29H,6-11,13-17H2,1-5H3/t18-,19?,21+,22-,23+,24+,26+,27-/m1/s1. The summed E-state index contributed by atoms with van der Waals surface area (Å²) in [5, 5.41) is 20.2. The number of fused-ring (bicyclic) bond motifs is 5. The molecule has 0 aliphatic heterocycles. The predicted molar refractivity (Wildman–Crippen MR) is 121 cm³/mol. The van der Waals surface area contributed by atoms with Crippen molar-refractivity contribution in [3.8, 4) is 0 Å². The lowest BCUT2D eigenvalue weighted by molar-refractivity contribution is -0.104. The zero-order chi connectivity index (χ0) is 21.0. The molecule has 4 rings (SSSR count). The molecule has 2 N–H and O–H groups in total. The third-order valence-electron chi connectivity index (χ3n) is 10.5. The van der Waals surface area contributed by atoms with Gasteiger partial charge in [-0.2, -0.15) is 0 Å². The van der Waals surface area contributed by atoms with Crippen LogP contribution in [0.15, 0.2) is 11.8 Å². The van der Waals surface area contributed by atoms with E-state index in [0.29, 0.717) is 22.5 Å². The maximum absolute atomic E-state index is 10.1. The molecule has 2 nitrogen and oxygen atoms in total. The van der Waals surface area contributed by atoms with Crippen LogP contribution < -0.4 is 0 Å². The van der Waals surface area contributed by atoms with Crippen LogP contribution in [-0.2, 0) is 0 Å². The normalized spacial score (nSPS) is 45.7. The maximum atomic E-state index is 10.1. The highest BCUT2D eigenvalue weighted by atomic mass is 16.3. The van der Waals surface area contributed by atoms with Gasteiger partial charge in [0.05, 0.1) is 11.4 Å². The lowest BCUT2D eigenvalue weighted by atomic mass is 9.45. The molecule has 0 bridgehead atoms. The topological polar surface area (TPSA) is 40.5 Å². The van der Waals surface area contributed by atoms with Gasteiger partial charge in [-0.05, 0) is 118 Å². The van der Waals surface area contributed by atoms with Crippen LogP contribution in [0.2, 0.25) is 0 Å². The van der Waals surface area contributed by atoms with Crippen molar-refractivity contribution in [2.45, 2.75) is 111 Å². The van der Waals surface area contributed by atoms with Crippen molar-refractivity contribution in [2.75, 3.05) is 0 Å². The molecule has 0 aromatic rings. The van der Waals surface area contributed by atoms with Crippen LogP contribution in [0.3, 0.4) is 0 Å². The summed E-state index contributed by atoms with van der Waals surface area (Å²) in [4.78, 5) is 0. The molecule has 29 heavy (non-hydrogen) atoms. The van der Waals surface area contributed by atoms with Crippen LogP contribution in [0.4, 0.5) is 0 Å². The van der Waals surface area contributed by atoms with Crippen molar-refractivity contribution in [1.82, 2.24) is 0 Å². The highest BCUT2D eigenvalue weighted by Gasteiger charge is 2.60. The second kappa shape index (κ2) is 7.57. The third-order valence-corrected chi connectivity index (χ3v) is 10.5. The van der Waals surface area contributed by atoms with Gasteiger partial charge in [0.25, 0.3) is 0 Å². The number of hydrogen-bond acceptors (Lipinski definition) is 2. The summed E-state index contributed by atoms with van der Waals surface area (Å²) in [6.07, 6.45) is 16.0. The van der Waals surface area contributed by atoms with Gasteiger partial charge in [0.15, 0.2) is 0 Å². The molecule has 3 fully saturated rings. The predicted octanol–water partition coefficient (Wildman–Crippen LogP) is 7.27. The van der Waals surface area contributed by atoms with Gasteiger partial charge in [-0.15, -0.1) is 0 Å². The summed E-state index contributed by atoms with van der Waals surface area (Å²) >= 11 is 0. The van der Waals surface area contributed by atoms with Gasteiger partial charge in [0.1, 0.15) is 0 Å². The number of rotatable bonds is 5. The number of hydrogen-bond donors (Lipinski definition) is 2. The molecule has 0 heterocycles. The molecule has 0 aromatic heterocycles. The van der Waals surface area contributed by atoms with Gasteiger partial charge >= 0.3 is 0 Å². The largest absolute Gasteiger partial charge is 0.513 e. The Bertz CT molecular complexity index is 631. The van der Waals surface area contributed by atoms with Gasteiger partial charge in [0, 0.05) is 6.42 Å². The first kappa shape index (κ1) is 21.7. The third kappa shape index (κ3) is 3.81. The van der Waals surface area contributed by atoms with Crippen molar-refractivity contribution < 1.29 is 10.2 Å². The Morgan fingerprint density at radius 2 is 1.79 bits per heavy atom. The van der Waals surface area contributed by atoms with E-state index in [-0.39, 0.29) is 0 Å². The van der Waals surface area contributed by atoms with Crippen molar-refractivity contribution >= 4 is 0 Å². The van der Waals surface area contributed by atoms with Crippen LogP contribution in [0.5, 0.6) is 0 Å². The van der Waals surface area contributed by atoms with Gasteiger partial charge in [-0.1, -0.05) is 33.6 Å². The van der Waals surface area contributed by atoms with Gasteiger partial charge in [-0.3, -0.25) is 0 Å². The second-order valence-corrected chi connectivity index (χ2v) is 12.7. The number of allylic oxidation sites excluding steroid dienone is 2. The van der Waals surface area contributed by atoms with Crippen LogP contribution in [0.25, 0.3) is 0 Å². The minimum Gasteiger partial charge on any atom is -0.513 e. The zero-order valence-electron chi connectivity index (χ0n) is 19.7. The first-order valence-corrected chi connectivity index (χ1v) is 12.6. The Morgan fingerprint density at radius 3 is 2.52 bits per heavy atom. The average molecular weight is 403 g/mol. The van der Waals surface area contributed by atoms with E-state index in [9.17, 15) is 10.2 Å². The summed E-state index contributed by atoms with van der Waals surface area (Å²) in [5.74, 6) is 5.72. The van der Waals surface area contributed by atoms with E-state index in [4.69, 9.17) is 0 Å². The quantitative estimate of drug-likeness (QED) is 0.507. The molecule has 8 atom stereocenters. The minimum absolute atomic E-state index is 0.423. The molecular formula is C27H46O2. The number of aliphatic hydroxyl groups excluding tert-OH is 1. The van der Waals surface area contributed by atoms with Crippen LogP contribution in [0, 0.1) is 46.3 Å². The van der Waals surface area contributed by atoms with Crippen LogP contribution in [0.1, 0.15) is 105 Å². The monoisotopic (exact) mass is 402 g/mol. The highest BCUT2D eigenvalue weighted by Crippen LogP contribution is 2.68. The van der Waals surface area contributed by atoms with E-state index < -0.39 is 5.60 Å². The summed E-state index contributed by atoms with van der Waals surface area (Å²) in [6.45, 7) is 11.6. The van der Waals surface area contributed by atoms with E-state index in [1.165, 1.54) is 44.9 Å². The molecule has 3 saturated carbocycles. The van der Waals surface area contributed by atoms with Gasteiger partial charge < -0.3 is 10.2 Å². The summed E-state index contributed by atoms with van der Waals surface area (Å²) < 4.78 is 0. The van der Waals surface area contributed by atoms with Gasteiger partial charge in [0.2, 0.25) is 0 Å². The molecule has 0 aromatic carbocycles. The molecule has 0 saturated heterocycles. The first-order valence-electron chi connectivity index (χ1n) is 12.6. The highest BCUT2D eigenvalue weighted by molar-refractivity contribution is 5.14. The van der Waals surface area contributed by atoms with Crippen molar-refractivity contribution in [2.24, 2.45) is 46.3 Å². The summed E-state index contributed by atoms with van der Waals surface area (Å²) in [5.41, 5.74) is 0.439. The number of aliphatic hydroxyl groups is 2. The smallest absolute Gasteiger partial charge is 0.0886 e. The fourth-order valence-electron chi connectivity index (χ4n) is 8.89. The SMILES string of the molecule is C[C@H](CCCC(C)(C)O)[C@H]1CC[C@H]2[C@@H]3CCC4CC(O)=CC[C@]4(C)[C@H]3CC[C@]12C. The molecule has 0 spiro atoms. The van der Waals surface area contributed by atoms with E-state index in [1.54, 1.807) is 0 Å². The van der Waals surface area contributed by atoms with Crippen molar-refractivity contribution in [3.63, 3.8) is 0 Å². The molecule has 2 heteroatoms. The Labute approximate surface area is 179 Å². The Hall–Kier alpha value is -0.500.